The van der Waals surface area contributed by atoms with E-state index >= 15 is 0 Å². The molecule has 1 aliphatic rings. The third kappa shape index (κ3) is 2.18. The maximum atomic E-state index is 4.60. The van der Waals surface area contributed by atoms with Gasteiger partial charge in [-0.2, -0.15) is 0 Å². The first-order chi connectivity index (χ1) is 9.16. The molecule has 0 amide bonds. The van der Waals surface area contributed by atoms with Crippen molar-refractivity contribution in [3.05, 3.63) is 46.2 Å². The zero-order valence-electron chi connectivity index (χ0n) is 10.9. The molecule has 1 aromatic heterocycles. The Bertz CT molecular complexity index is 600. The van der Waals surface area contributed by atoms with Gasteiger partial charge in [0.25, 0.3) is 0 Å². The fraction of sp³-hybridized carbons (Fsp3) is 0.286. The van der Waals surface area contributed by atoms with Gasteiger partial charge in [-0.25, -0.2) is 9.97 Å². The number of benzene rings is 1. The second kappa shape index (κ2) is 4.81. The largest absolute Gasteiger partial charge is 0.349 e. The van der Waals surface area contributed by atoms with Gasteiger partial charge in [-0.1, -0.05) is 30.3 Å². The minimum Gasteiger partial charge on any atom is -0.349 e. The number of anilines is 2. The average molecular weight is 319 g/mol. The molecule has 4 nitrogen and oxygen atoms in total. The van der Waals surface area contributed by atoms with Crippen LogP contribution in [0.4, 0.5) is 11.6 Å². The van der Waals surface area contributed by atoms with Crippen LogP contribution in [0.25, 0.3) is 0 Å². The summed E-state index contributed by atoms with van der Waals surface area (Å²) in [4.78, 5) is 11.3. The summed E-state index contributed by atoms with van der Waals surface area (Å²) in [5, 5.41) is 3.30. The van der Waals surface area contributed by atoms with E-state index in [0.717, 1.165) is 28.6 Å². The predicted octanol–water partition coefficient (Wildman–Crippen LogP) is 3.50. The quantitative estimate of drug-likeness (QED) is 0.920. The number of hydrogen-bond donors (Lipinski definition) is 1. The van der Waals surface area contributed by atoms with Crippen molar-refractivity contribution in [2.45, 2.75) is 19.9 Å². The van der Waals surface area contributed by atoms with Gasteiger partial charge in [0.05, 0.1) is 18.4 Å². The van der Waals surface area contributed by atoms with Crippen molar-refractivity contribution in [1.82, 2.24) is 9.97 Å². The topological polar surface area (TPSA) is 41.1 Å². The summed E-state index contributed by atoms with van der Waals surface area (Å²) in [5.74, 6) is 1.78. The number of hydrogen-bond acceptors (Lipinski definition) is 4. The third-order valence-corrected chi connectivity index (χ3v) is 4.18. The summed E-state index contributed by atoms with van der Waals surface area (Å²) in [6, 6.07) is 10.7. The van der Waals surface area contributed by atoms with Gasteiger partial charge in [0.2, 0.25) is 0 Å². The zero-order chi connectivity index (χ0) is 13.4. The molecule has 98 valence electrons. The predicted molar refractivity (Wildman–Crippen MR) is 80.3 cm³/mol. The highest BCUT2D eigenvalue weighted by Gasteiger charge is 2.27. The first-order valence-corrected chi connectivity index (χ1v) is 7.05. The van der Waals surface area contributed by atoms with Crippen molar-refractivity contribution in [3.63, 3.8) is 0 Å². The van der Waals surface area contributed by atoms with Crippen molar-refractivity contribution in [3.8, 4) is 0 Å². The molecule has 1 aromatic carbocycles. The van der Waals surface area contributed by atoms with Crippen LogP contribution in [0.5, 0.6) is 0 Å². The molecule has 2 aromatic rings. The molecule has 1 aliphatic heterocycles. The van der Waals surface area contributed by atoms with Crippen molar-refractivity contribution < 1.29 is 0 Å². The molecule has 19 heavy (non-hydrogen) atoms. The van der Waals surface area contributed by atoms with Crippen LogP contribution in [-0.2, 0) is 0 Å². The molecule has 1 atom stereocenters. The van der Waals surface area contributed by atoms with Crippen LogP contribution < -0.4 is 10.2 Å². The fourth-order valence-electron chi connectivity index (χ4n) is 2.28. The normalized spacial score (nSPS) is 15.0. The number of aromatic nitrogens is 2. The minimum absolute atomic E-state index is 0.263. The Kier molecular flexibility index (Phi) is 3.14. The second-order valence-corrected chi connectivity index (χ2v) is 5.41. The lowest BCUT2D eigenvalue weighted by molar-refractivity contribution is 0.703. The molecular formula is C14H15BrN4. The summed E-state index contributed by atoms with van der Waals surface area (Å²) in [7, 11) is 0. The van der Waals surface area contributed by atoms with Crippen LogP contribution in [0.1, 0.15) is 24.2 Å². The first-order valence-electron chi connectivity index (χ1n) is 6.26. The molecule has 1 N–H and O–H groups in total. The second-order valence-electron chi connectivity index (χ2n) is 4.66. The van der Waals surface area contributed by atoms with Gasteiger partial charge in [0.1, 0.15) is 4.60 Å². The Hall–Kier alpha value is -1.62. The van der Waals surface area contributed by atoms with Gasteiger partial charge >= 0.3 is 0 Å². The summed E-state index contributed by atoms with van der Waals surface area (Å²) in [6.45, 7) is 4.87. The van der Waals surface area contributed by atoms with Crippen LogP contribution >= 0.6 is 15.9 Å². The van der Waals surface area contributed by atoms with Crippen LogP contribution in [0.15, 0.2) is 34.9 Å². The Labute approximate surface area is 121 Å². The fourth-order valence-corrected chi connectivity index (χ4v) is 2.53. The molecule has 0 fully saturated rings. The molecule has 0 spiro atoms. The summed E-state index contributed by atoms with van der Waals surface area (Å²) in [5.41, 5.74) is 2.18. The van der Waals surface area contributed by atoms with Crippen LogP contribution in [-0.4, -0.2) is 16.6 Å². The maximum Gasteiger partial charge on any atom is 0.174 e. The monoisotopic (exact) mass is 318 g/mol. The van der Waals surface area contributed by atoms with E-state index in [0.29, 0.717) is 0 Å². The zero-order valence-corrected chi connectivity index (χ0v) is 12.5. The van der Waals surface area contributed by atoms with Gasteiger partial charge in [0, 0.05) is 0 Å². The lowest BCUT2D eigenvalue weighted by Crippen LogP contribution is -2.26. The van der Waals surface area contributed by atoms with Gasteiger partial charge < -0.3 is 10.2 Å². The molecule has 5 heteroatoms. The van der Waals surface area contributed by atoms with Gasteiger partial charge in [-0.05, 0) is 35.3 Å². The highest BCUT2D eigenvalue weighted by molar-refractivity contribution is 9.10. The van der Waals surface area contributed by atoms with E-state index in [1.165, 1.54) is 5.56 Å². The Morgan fingerprint density at radius 1 is 1.26 bits per heavy atom. The Morgan fingerprint density at radius 3 is 2.74 bits per heavy atom. The van der Waals surface area contributed by atoms with Gasteiger partial charge in [-0.15, -0.1) is 0 Å². The van der Waals surface area contributed by atoms with Gasteiger partial charge in [0.15, 0.2) is 11.6 Å². The van der Waals surface area contributed by atoms with Crippen molar-refractivity contribution >= 4 is 27.6 Å². The molecule has 0 bridgehead atoms. The van der Waals surface area contributed by atoms with E-state index in [2.05, 4.69) is 67.3 Å². The minimum atomic E-state index is 0.263. The van der Waals surface area contributed by atoms with Crippen molar-refractivity contribution in [2.24, 2.45) is 0 Å². The summed E-state index contributed by atoms with van der Waals surface area (Å²) >= 11 is 3.45. The molecule has 0 aliphatic carbocycles. The van der Waals surface area contributed by atoms with E-state index in [1.807, 2.05) is 13.0 Å². The highest BCUT2D eigenvalue weighted by Crippen LogP contribution is 2.35. The number of rotatable bonds is 2. The number of nitrogens with zero attached hydrogens (tertiary/aromatic N) is 3. The van der Waals surface area contributed by atoms with Crippen molar-refractivity contribution in [1.29, 1.82) is 0 Å². The number of fused-ring (bicyclic) bond motifs is 1. The molecule has 3 rings (SSSR count). The SMILES string of the molecule is Cc1nc2c(nc1Br)N([C@H](C)c1ccccc1)CN2. The van der Waals surface area contributed by atoms with Crippen molar-refractivity contribution in [2.75, 3.05) is 16.9 Å². The maximum absolute atomic E-state index is 4.60. The molecule has 0 saturated heterocycles. The smallest absolute Gasteiger partial charge is 0.174 e. The average Bonchev–Trinajstić information content (AvgIpc) is 2.82. The molecule has 2 heterocycles. The van der Waals surface area contributed by atoms with E-state index in [1.54, 1.807) is 0 Å². The Balaban J connectivity index is 1.96. The number of aryl methyl sites for hydroxylation is 1. The van der Waals surface area contributed by atoms with Crippen LogP contribution in [0.3, 0.4) is 0 Å². The third-order valence-electron chi connectivity index (χ3n) is 3.43. The van der Waals surface area contributed by atoms with E-state index in [-0.39, 0.29) is 6.04 Å². The standard InChI is InChI=1S/C14H15BrN4/c1-9-12(15)18-14-13(17-9)16-8-19(14)10(2)11-6-4-3-5-7-11/h3-7,10H,8H2,1-2H3,(H,16,17)/t10-/m1/s1. The Morgan fingerprint density at radius 2 is 2.00 bits per heavy atom. The molecule has 0 unspecified atom stereocenters. The van der Waals surface area contributed by atoms with E-state index in [9.17, 15) is 0 Å². The lowest BCUT2D eigenvalue weighted by Gasteiger charge is -2.25. The van der Waals surface area contributed by atoms with E-state index in [4.69, 9.17) is 0 Å². The van der Waals surface area contributed by atoms with E-state index < -0.39 is 0 Å². The molecule has 0 radical (unpaired) electrons. The highest BCUT2D eigenvalue weighted by atomic mass is 79.9. The first kappa shape index (κ1) is 12.4. The summed E-state index contributed by atoms with van der Waals surface area (Å²) < 4.78 is 0.806. The lowest BCUT2D eigenvalue weighted by atomic mass is 10.1. The van der Waals surface area contributed by atoms with Crippen LogP contribution in [0.2, 0.25) is 0 Å². The van der Waals surface area contributed by atoms with Crippen LogP contribution in [0, 0.1) is 6.92 Å². The molecule has 0 saturated carbocycles. The summed E-state index contributed by atoms with van der Waals surface area (Å²) in [6.07, 6.45) is 0. The number of nitrogens with one attached hydrogen (secondary N) is 1. The van der Waals surface area contributed by atoms with Gasteiger partial charge in [-0.3, -0.25) is 0 Å². The molecular weight excluding hydrogens is 304 g/mol. The number of halogens is 1.